The number of amides is 2. The number of nitrogens with one attached hydrogen (secondary N) is 2. The predicted octanol–water partition coefficient (Wildman–Crippen LogP) is 0.435. The van der Waals surface area contributed by atoms with Crippen molar-refractivity contribution in [1.82, 2.24) is 15.8 Å². The molecule has 1 aromatic rings. The number of anilines is 1. The van der Waals surface area contributed by atoms with Crippen LogP contribution in [0.25, 0.3) is 0 Å². The molecule has 0 saturated heterocycles. The zero-order valence-electron chi connectivity index (χ0n) is 14.6. The van der Waals surface area contributed by atoms with Crippen molar-refractivity contribution >= 4 is 65.8 Å². The Labute approximate surface area is 172 Å². The smallest absolute Gasteiger partial charge is 0.317 e. The van der Waals surface area contributed by atoms with Gasteiger partial charge in [0.2, 0.25) is 26.5 Å². The van der Waals surface area contributed by atoms with Crippen molar-refractivity contribution in [2.75, 3.05) is 5.73 Å². The van der Waals surface area contributed by atoms with Gasteiger partial charge in [-0.15, -0.1) is 23.5 Å². The van der Waals surface area contributed by atoms with E-state index in [-0.39, 0.29) is 9.73 Å². The van der Waals surface area contributed by atoms with Crippen LogP contribution in [0.4, 0.5) is 10.7 Å². The molecule has 0 aliphatic carbocycles. The lowest BCUT2D eigenvalue weighted by Gasteiger charge is -2.15. The lowest BCUT2D eigenvalue weighted by atomic mass is 10.3. The number of hydrogen-bond donors (Lipinski definition) is 3. The molecule has 3 rings (SSSR count). The number of aryl methyl sites for hydroxylation is 1. The number of nitrogen functional groups attached to an aromatic ring is 1. The molecule has 2 aliphatic rings. The monoisotopic (exact) mass is 464 g/mol. The third kappa shape index (κ3) is 5.67. The van der Waals surface area contributed by atoms with Gasteiger partial charge in [0.05, 0.1) is 5.69 Å². The number of rotatable bonds is 2. The second-order valence-corrected chi connectivity index (χ2v) is 9.20. The number of hydrogen-bond acceptors (Lipinski definition) is 10. The van der Waals surface area contributed by atoms with Crippen LogP contribution in [0.3, 0.4) is 0 Å². The quantitative estimate of drug-likeness (QED) is 0.523. The van der Waals surface area contributed by atoms with E-state index in [2.05, 4.69) is 20.3 Å². The molecular weight excluding hydrogens is 448 g/mol. The van der Waals surface area contributed by atoms with Crippen molar-refractivity contribution < 1.29 is 26.2 Å². The lowest BCUT2D eigenvalue weighted by Crippen LogP contribution is -2.47. The highest BCUT2D eigenvalue weighted by Crippen LogP contribution is 2.21. The first kappa shape index (κ1) is 22.1. The minimum Gasteiger partial charge on any atom is -0.367 e. The highest BCUT2D eigenvalue weighted by molar-refractivity contribution is 8.05. The number of urea groups is 1. The van der Waals surface area contributed by atoms with E-state index in [1.165, 1.54) is 12.2 Å². The van der Waals surface area contributed by atoms with Crippen LogP contribution in [-0.4, -0.2) is 48.5 Å². The fourth-order valence-corrected chi connectivity index (χ4v) is 5.23. The van der Waals surface area contributed by atoms with Gasteiger partial charge in [-0.3, -0.25) is 0 Å². The van der Waals surface area contributed by atoms with Crippen LogP contribution in [0.5, 0.6) is 0 Å². The van der Waals surface area contributed by atoms with Gasteiger partial charge in [0, 0.05) is 5.56 Å². The van der Waals surface area contributed by atoms with Crippen molar-refractivity contribution in [3.8, 4) is 0 Å². The Bertz CT molecular complexity index is 1000. The highest BCUT2D eigenvalue weighted by Gasteiger charge is 2.26. The van der Waals surface area contributed by atoms with E-state index >= 15 is 0 Å². The van der Waals surface area contributed by atoms with Crippen LogP contribution < -0.4 is 16.4 Å². The van der Waals surface area contributed by atoms with Crippen LogP contribution in [0.2, 0.25) is 0 Å². The van der Waals surface area contributed by atoms with Gasteiger partial charge in [-0.25, -0.2) is 4.79 Å². The van der Waals surface area contributed by atoms with Crippen LogP contribution in [0.1, 0.15) is 11.3 Å². The summed E-state index contributed by atoms with van der Waals surface area (Å²) >= 11 is 2.28. The predicted molar refractivity (Wildman–Crippen MR) is 111 cm³/mol. The molecule has 0 fully saturated rings. The number of nitrogens with zero attached hydrogens (tertiary/aromatic N) is 1. The fraction of sp³-hybridized carbons (Fsp3) is 0.286. The molecule has 0 spiro atoms. The summed E-state index contributed by atoms with van der Waals surface area (Å²) in [6.07, 6.45) is 2.80. The van der Waals surface area contributed by atoms with Gasteiger partial charge < -0.3 is 20.9 Å². The van der Waals surface area contributed by atoms with Crippen LogP contribution in [0.15, 0.2) is 27.5 Å². The molecule has 2 amide bonds. The summed E-state index contributed by atoms with van der Waals surface area (Å²) in [5.74, 6) is 0.419. The first-order chi connectivity index (χ1) is 13.2. The summed E-state index contributed by atoms with van der Waals surface area (Å²) < 4.78 is 48.2. The molecule has 2 aliphatic heterocycles. The third-order valence-electron chi connectivity index (χ3n) is 3.51. The Morgan fingerprint density at radius 3 is 1.79 bits per heavy atom. The zero-order chi connectivity index (χ0) is 20.8. The maximum atomic E-state index is 11.8. The first-order valence-corrected chi connectivity index (χ1v) is 11.6. The normalized spacial score (nSPS) is 19.9. The summed E-state index contributed by atoms with van der Waals surface area (Å²) in [7, 11) is -4.82. The van der Waals surface area contributed by atoms with Crippen molar-refractivity contribution in [3.63, 3.8) is 0 Å². The zero-order valence-corrected chi connectivity index (χ0v) is 17.8. The molecule has 152 valence electrons. The van der Waals surface area contributed by atoms with Crippen molar-refractivity contribution in [2.24, 2.45) is 0 Å². The van der Waals surface area contributed by atoms with E-state index in [1.807, 2.05) is 13.8 Å². The summed E-state index contributed by atoms with van der Waals surface area (Å²) in [5.41, 5.74) is 7.11. The molecule has 0 saturated carbocycles. The van der Waals surface area contributed by atoms with Gasteiger partial charge in [-0.1, -0.05) is 5.16 Å². The minimum absolute atomic E-state index is 0.0685. The molecule has 0 aromatic carbocycles. The molecule has 2 atom stereocenters. The molecule has 10 nitrogen and oxygen atoms in total. The van der Waals surface area contributed by atoms with Gasteiger partial charge in [-0.05, 0) is 36.8 Å². The fourth-order valence-electron chi connectivity index (χ4n) is 1.89. The molecule has 0 radical (unpaired) electrons. The molecule has 0 bridgehead atoms. The van der Waals surface area contributed by atoms with E-state index in [0.717, 1.165) is 34.8 Å². The molecule has 2 unspecified atom stereocenters. The number of carbonyl (C=O) groups is 1. The average molecular weight is 465 g/mol. The molecular formula is C14H16N4O6S4. The van der Waals surface area contributed by atoms with Gasteiger partial charge in [-0.2, -0.15) is 16.8 Å². The number of carbonyl (C=O) groups excluding carboxylic acids is 1. The summed E-state index contributed by atoms with van der Waals surface area (Å²) in [6.45, 7) is 3.73. The van der Waals surface area contributed by atoms with Gasteiger partial charge >= 0.3 is 6.03 Å². The molecule has 14 heteroatoms. The Kier molecular flexibility index (Phi) is 7.79. The topological polar surface area (TPSA) is 161 Å². The molecule has 3 heterocycles. The average Bonchev–Trinajstić information content (AvgIpc) is 3.33. The standard InChI is InChI=1S/C9H8N2O5S4.C5H8N2O/c12-9(10-7-5(19(13)14)1-3-17-7)11-8-6(20(15)16)2-4-18-8;1-3-4(2)7-8-5(3)6/h1-4,7-8H,(H2,10,11,12);6H2,1-2H3. The largest absolute Gasteiger partial charge is 0.367 e. The SMILES string of the molecule is Cc1noc(N)c1C.O=C(NC1SC=CC1=S(=O)=O)NC1SC=CC1=S(=O)=O. The molecule has 4 N–H and O–H groups in total. The molecule has 1 aromatic heterocycles. The Balaban J connectivity index is 0.000000292. The van der Waals surface area contributed by atoms with Crippen molar-refractivity contribution in [3.05, 3.63) is 34.2 Å². The Morgan fingerprint density at radius 1 is 1.04 bits per heavy atom. The van der Waals surface area contributed by atoms with E-state index in [9.17, 15) is 21.6 Å². The Morgan fingerprint density at radius 2 is 1.50 bits per heavy atom. The van der Waals surface area contributed by atoms with Crippen molar-refractivity contribution in [2.45, 2.75) is 24.6 Å². The molecule has 28 heavy (non-hydrogen) atoms. The van der Waals surface area contributed by atoms with Gasteiger partial charge in [0.25, 0.3) is 0 Å². The van der Waals surface area contributed by atoms with Crippen LogP contribution in [0, 0.1) is 13.8 Å². The van der Waals surface area contributed by atoms with E-state index in [0.29, 0.717) is 5.88 Å². The number of nitrogens with two attached hydrogens (primary N) is 1. The van der Waals surface area contributed by atoms with Crippen molar-refractivity contribution in [1.29, 1.82) is 0 Å². The number of thioether (sulfide) groups is 2. The first-order valence-electron chi connectivity index (χ1n) is 7.52. The van der Waals surface area contributed by atoms with E-state index in [1.54, 1.807) is 10.8 Å². The van der Waals surface area contributed by atoms with Gasteiger partial charge in [0.15, 0.2) is 0 Å². The lowest BCUT2D eigenvalue weighted by molar-refractivity contribution is 0.242. The van der Waals surface area contributed by atoms with Crippen LogP contribution >= 0.6 is 23.5 Å². The Hall–Kier alpha value is -2.16. The van der Waals surface area contributed by atoms with Gasteiger partial charge in [0.1, 0.15) is 20.5 Å². The summed E-state index contributed by atoms with van der Waals surface area (Å²) in [4.78, 5) is 11.9. The minimum atomic E-state index is -2.41. The summed E-state index contributed by atoms with van der Waals surface area (Å²) in [5, 5.41) is 10.3. The third-order valence-corrected chi connectivity index (χ3v) is 7.20. The number of aromatic nitrogens is 1. The highest BCUT2D eigenvalue weighted by atomic mass is 32.2. The maximum absolute atomic E-state index is 11.8. The van der Waals surface area contributed by atoms with Crippen LogP contribution in [-0.2, 0) is 20.6 Å². The second kappa shape index (κ2) is 9.86. The maximum Gasteiger partial charge on any atom is 0.317 e. The second-order valence-electron chi connectivity index (χ2n) is 5.29. The van der Waals surface area contributed by atoms with E-state index < -0.39 is 37.4 Å². The summed E-state index contributed by atoms with van der Waals surface area (Å²) in [6, 6.07) is -0.640. The van der Waals surface area contributed by atoms with E-state index in [4.69, 9.17) is 5.73 Å².